The quantitative estimate of drug-likeness (QED) is 0.736. The maximum atomic E-state index is 12.1. The Morgan fingerprint density at radius 2 is 1.82 bits per heavy atom. The number of nitrogens with zero attached hydrogens (tertiary/aromatic N) is 1. The second-order valence-electron chi connectivity index (χ2n) is 5.13. The number of aliphatic carboxylic acids is 1. The minimum absolute atomic E-state index is 0.0347. The van der Waals surface area contributed by atoms with Crippen LogP contribution in [0.1, 0.15) is 32.1 Å². The molecule has 0 bridgehead atoms. The van der Waals surface area contributed by atoms with Crippen molar-refractivity contribution in [1.82, 2.24) is 4.90 Å². The van der Waals surface area contributed by atoms with E-state index in [2.05, 4.69) is 0 Å². The summed E-state index contributed by atoms with van der Waals surface area (Å²) in [7, 11) is 0. The highest BCUT2D eigenvalue weighted by Gasteiger charge is 2.36. The number of aliphatic hydroxyl groups excluding tert-OH is 1. The molecule has 5 heteroatoms. The number of carbonyl (C=O) groups is 2. The van der Waals surface area contributed by atoms with Gasteiger partial charge in [0, 0.05) is 19.0 Å². The van der Waals surface area contributed by atoms with Gasteiger partial charge in [-0.3, -0.25) is 9.59 Å². The molecule has 0 radical (unpaired) electrons. The maximum absolute atomic E-state index is 12.1. The Bertz CT molecular complexity index is 318. The molecule has 1 heterocycles. The average Bonchev–Trinajstić information content (AvgIpc) is 2.77. The molecule has 1 aliphatic heterocycles. The minimum Gasteiger partial charge on any atom is -0.481 e. The molecule has 2 aliphatic rings. The number of rotatable bonds is 2. The van der Waals surface area contributed by atoms with E-state index in [9.17, 15) is 14.7 Å². The van der Waals surface area contributed by atoms with Crippen molar-refractivity contribution < 1.29 is 19.8 Å². The van der Waals surface area contributed by atoms with E-state index < -0.39 is 12.1 Å². The Morgan fingerprint density at radius 3 is 2.41 bits per heavy atom. The molecule has 2 N–H and O–H groups in total. The summed E-state index contributed by atoms with van der Waals surface area (Å²) >= 11 is 0. The number of hydrogen-bond donors (Lipinski definition) is 2. The Labute approximate surface area is 100 Å². The number of carboxylic acids is 1. The summed E-state index contributed by atoms with van der Waals surface area (Å²) in [4.78, 5) is 24.7. The van der Waals surface area contributed by atoms with Gasteiger partial charge in [-0.1, -0.05) is 0 Å². The molecular weight excluding hydrogens is 222 g/mol. The lowest BCUT2D eigenvalue weighted by molar-refractivity contribution is -0.142. The molecule has 1 amide bonds. The Balaban J connectivity index is 1.90. The molecule has 0 aromatic rings. The summed E-state index contributed by atoms with van der Waals surface area (Å²) in [6.45, 7) is 1.11. The van der Waals surface area contributed by atoms with E-state index in [-0.39, 0.29) is 17.7 Å². The van der Waals surface area contributed by atoms with Gasteiger partial charge in [0.1, 0.15) is 0 Å². The predicted molar refractivity (Wildman–Crippen MR) is 60.3 cm³/mol. The van der Waals surface area contributed by atoms with Gasteiger partial charge in [0.2, 0.25) is 5.91 Å². The van der Waals surface area contributed by atoms with E-state index in [1.54, 1.807) is 4.90 Å². The van der Waals surface area contributed by atoms with Gasteiger partial charge in [0.25, 0.3) is 0 Å². The van der Waals surface area contributed by atoms with Gasteiger partial charge in [-0.05, 0) is 32.1 Å². The van der Waals surface area contributed by atoms with E-state index in [4.69, 9.17) is 5.11 Å². The van der Waals surface area contributed by atoms with E-state index >= 15 is 0 Å². The van der Waals surface area contributed by atoms with Gasteiger partial charge in [0.15, 0.2) is 0 Å². The van der Waals surface area contributed by atoms with Crippen LogP contribution in [0.2, 0.25) is 0 Å². The average molecular weight is 241 g/mol. The van der Waals surface area contributed by atoms with Crippen LogP contribution in [0, 0.1) is 11.8 Å². The van der Waals surface area contributed by atoms with Crippen molar-refractivity contribution in [3.8, 4) is 0 Å². The number of hydrogen-bond acceptors (Lipinski definition) is 3. The smallest absolute Gasteiger partial charge is 0.306 e. The molecule has 0 aromatic heterocycles. The maximum Gasteiger partial charge on any atom is 0.306 e. The molecule has 0 aromatic carbocycles. The SMILES string of the molecule is O=C(O)C1CCC(C(=O)N2CCCC(O)C2)C1. The summed E-state index contributed by atoms with van der Waals surface area (Å²) in [6.07, 6.45) is 2.91. The second-order valence-corrected chi connectivity index (χ2v) is 5.13. The lowest BCUT2D eigenvalue weighted by atomic mass is 10.0. The van der Waals surface area contributed by atoms with Crippen molar-refractivity contribution in [2.45, 2.75) is 38.2 Å². The minimum atomic E-state index is -0.793. The summed E-state index contributed by atoms with van der Waals surface area (Å²) in [6, 6.07) is 0. The highest BCUT2D eigenvalue weighted by atomic mass is 16.4. The largest absolute Gasteiger partial charge is 0.481 e. The van der Waals surface area contributed by atoms with Gasteiger partial charge >= 0.3 is 5.97 Å². The fourth-order valence-corrected chi connectivity index (χ4v) is 2.84. The number of carbonyl (C=O) groups excluding carboxylic acids is 1. The molecule has 3 unspecified atom stereocenters. The third kappa shape index (κ3) is 2.77. The van der Waals surface area contributed by atoms with E-state index in [0.29, 0.717) is 32.4 Å². The van der Waals surface area contributed by atoms with Crippen LogP contribution < -0.4 is 0 Å². The summed E-state index contributed by atoms with van der Waals surface area (Å²) in [5, 5.41) is 18.4. The molecular formula is C12H19NO4. The molecule has 2 rings (SSSR count). The zero-order chi connectivity index (χ0) is 12.4. The van der Waals surface area contributed by atoms with Crippen LogP contribution in [0.3, 0.4) is 0 Å². The first-order valence-corrected chi connectivity index (χ1v) is 6.27. The second kappa shape index (κ2) is 5.04. The number of amides is 1. The molecule has 5 nitrogen and oxygen atoms in total. The summed E-state index contributed by atoms with van der Waals surface area (Å²) in [5.74, 6) is -1.27. The standard InChI is InChI=1S/C12H19NO4/c14-10-2-1-5-13(7-10)11(15)8-3-4-9(6-8)12(16)17/h8-10,14H,1-7H2,(H,16,17). The normalized spacial score (nSPS) is 33.7. The zero-order valence-electron chi connectivity index (χ0n) is 9.84. The van der Waals surface area contributed by atoms with Crippen molar-refractivity contribution in [1.29, 1.82) is 0 Å². The van der Waals surface area contributed by atoms with Crippen LogP contribution >= 0.6 is 0 Å². The van der Waals surface area contributed by atoms with E-state index in [0.717, 1.165) is 12.8 Å². The van der Waals surface area contributed by atoms with E-state index in [1.165, 1.54) is 0 Å². The Morgan fingerprint density at radius 1 is 1.12 bits per heavy atom. The van der Waals surface area contributed by atoms with Crippen molar-refractivity contribution in [3.63, 3.8) is 0 Å². The number of carboxylic acid groups (broad SMARTS) is 1. The number of β-amino-alcohol motifs (C(OH)–C–C–N with tert-alkyl or cyclic N) is 1. The number of aliphatic hydroxyl groups is 1. The van der Waals surface area contributed by atoms with Gasteiger partial charge in [0.05, 0.1) is 12.0 Å². The van der Waals surface area contributed by atoms with Crippen LogP contribution in [0.25, 0.3) is 0 Å². The summed E-state index contributed by atoms with van der Waals surface area (Å²) < 4.78 is 0. The third-order valence-electron chi connectivity index (χ3n) is 3.84. The Kier molecular flexibility index (Phi) is 3.66. The van der Waals surface area contributed by atoms with Crippen molar-refractivity contribution in [3.05, 3.63) is 0 Å². The van der Waals surface area contributed by atoms with Gasteiger partial charge in [-0.25, -0.2) is 0 Å². The first kappa shape index (κ1) is 12.4. The van der Waals surface area contributed by atoms with Crippen LogP contribution in [0.15, 0.2) is 0 Å². The van der Waals surface area contributed by atoms with Crippen molar-refractivity contribution in [2.24, 2.45) is 11.8 Å². The first-order valence-electron chi connectivity index (χ1n) is 6.27. The Hall–Kier alpha value is -1.10. The third-order valence-corrected chi connectivity index (χ3v) is 3.84. The molecule has 1 aliphatic carbocycles. The molecule has 3 atom stereocenters. The molecule has 96 valence electrons. The van der Waals surface area contributed by atoms with Crippen LogP contribution in [-0.4, -0.2) is 46.2 Å². The van der Waals surface area contributed by atoms with Crippen molar-refractivity contribution >= 4 is 11.9 Å². The lowest BCUT2D eigenvalue weighted by Gasteiger charge is -2.32. The highest BCUT2D eigenvalue weighted by molar-refractivity contribution is 5.81. The lowest BCUT2D eigenvalue weighted by Crippen LogP contribution is -2.44. The van der Waals surface area contributed by atoms with Gasteiger partial charge < -0.3 is 15.1 Å². The predicted octanol–water partition coefficient (Wildman–Crippen LogP) is 0.471. The van der Waals surface area contributed by atoms with Crippen LogP contribution in [0.5, 0.6) is 0 Å². The fourth-order valence-electron chi connectivity index (χ4n) is 2.84. The number of piperidine rings is 1. The van der Waals surface area contributed by atoms with Gasteiger partial charge in [-0.15, -0.1) is 0 Å². The molecule has 2 fully saturated rings. The van der Waals surface area contributed by atoms with Gasteiger partial charge in [-0.2, -0.15) is 0 Å². The highest BCUT2D eigenvalue weighted by Crippen LogP contribution is 2.32. The summed E-state index contributed by atoms with van der Waals surface area (Å²) in [5.41, 5.74) is 0. The molecule has 1 saturated heterocycles. The van der Waals surface area contributed by atoms with E-state index in [1.807, 2.05) is 0 Å². The molecule has 17 heavy (non-hydrogen) atoms. The topological polar surface area (TPSA) is 77.8 Å². The van der Waals surface area contributed by atoms with Crippen LogP contribution in [0.4, 0.5) is 0 Å². The monoisotopic (exact) mass is 241 g/mol. The first-order chi connectivity index (χ1) is 8.08. The molecule has 0 spiro atoms. The zero-order valence-corrected chi connectivity index (χ0v) is 9.84. The molecule has 1 saturated carbocycles. The van der Waals surface area contributed by atoms with Crippen molar-refractivity contribution in [2.75, 3.05) is 13.1 Å². The fraction of sp³-hybridized carbons (Fsp3) is 0.833. The van der Waals surface area contributed by atoms with Crippen LogP contribution in [-0.2, 0) is 9.59 Å². The number of likely N-dealkylation sites (tertiary alicyclic amines) is 1.